The molecule has 108 valence electrons. The van der Waals surface area contributed by atoms with Crippen molar-refractivity contribution < 1.29 is 14.7 Å². The number of nitrogens with one attached hydrogen (secondary N) is 1. The Bertz CT molecular complexity index is 535. The fourth-order valence-electron chi connectivity index (χ4n) is 2.60. The maximum Gasteiger partial charge on any atom is 0.311 e. The molecular weight excluding hydrogens is 280 g/mol. The van der Waals surface area contributed by atoms with Crippen LogP contribution in [0, 0.1) is 5.41 Å². The summed E-state index contributed by atoms with van der Waals surface area (Å²) in [5, 5.41) is 12.5. The average molecular weight is 297 g/mol. The number of hydrogen-bond donors (Lipinski definition) is 2. The zero-order chi connectivity index (χ0) is 14.8. The summed E-state index contributed by atoms with van der Waals surface area (Å²) in [5.41, 5.74) is -0.657. The van der Waals surface area contributed by atoms with Crippen LogP contribution in [0.4, 0.5) is 0 Å². The van der Waals surface area contributed by atoms with Gasteiger partial charge in [-0.15, -0.1) is 0 Å². The molecule has 1 amide bonds. The Morgan fingerprint density at radius 1 is 1.50 bits per heavy atom. The number of carbonyl (C=O) groups excluding carboxylic acids is 1. The lowest BCUT2D eigenvalue weighted by Gasteiger charge is -2.38. The molecule has 2 rings (SSSR count). The number of aliphatic carboxylic acids is 1. The number of pyridine rings is 1. The van der Waals surface area contributed by atoms with Gasteiger partial charge in [-0.3, -0.25) is 14.6 Å². The van der Waals surface area contributed by atoms with E-state index in [1.165, 1.54) is 18.5 Å². The lowest BCUT2D eigenvalue weighted by Crippen LogP contribution is -2.52. The van der Waals surface area contributed by atoms with Gasteiger partial charge < -0.3 is 10.4 Å². The minimum atomic E-state index is -0.928. The third kappa shape index (κ3) is 2.77. The number of aromatic nitrogens is 1. The third-order valence-electron chi connectivity index (χ3n) is 4.01. The number of carbonyl (C=O) groups is 2. The van der Waals surface area contributed by atoms with E-state index in [2.05, 4.69) is 10.3 Å². The third-order valence-corrected chi connectivity index (χ3v) is 4.34. The molecule has 1 aromatic rings. The van der Waals surface area contributed by atoms with Crippen LogP contribution >= 0.6 is 11.6 Å². The Morgan fingerprint density at radius 2 is 2.25 bits per heavy atom. The quantitative estimate of drug-likeness (QED) is 0.898. The molecule has 1 saturated carbocycles. The van der Waals surface area contributed by atoms with E-state index in [1.807, 2.05) is 0 Å². The average Bonchev–Trinajstić information content (AvgIpc) is 2.41. The summed E-state index contributed by atoms with van der Waals surface area (Å²) in [7, 11) is 0. The van der Waals surface area contributed by atoms with E-state index in [-0.39, 0.29) is 11.5 Å². The molecule has 0 radical (unpaired) electrons. The summed E-state index contributed by atoms with van der Waals surface area (Å²) in [6.07, 6.45) is 5.89. The van der Waals surface area contributed by atoms with Crippen molar-refractivity contribution in [2.24, 2.45) is 5.41 Å². The van der Waals surface area contributed by atoms with E-state index in [0.29, 0.717) is 17.9 Å². The molecule has 0 bridgehead atoms. The molecule has 1 fully saturated rings. The van der Waals surface area contributed by atoms with Crippen molar-refractivity contribution in [2.45, 2.75) is 38.6 Å². The Hall–Kier alpha value is -1.62. The largest absolute Gasteiger partial charge is 0.481 e. The van der Waals surface area contributed by atoms with Crippen LogP contribution < -0.4 is 5.32 Å². The minimum absolute atomic E-state index is 0.271. The molecular formula is C14H17ClN2O3. The van der Waals surface area contributed by atoms with Gasteiger partial charge in [0, 0.05) is 18.4 Å². The number of carboxylic acids is 1. The first-order valence-electron chi connectivity index (χ1n) is 6.59. The number of carboxylic acid groups (broad SMARTS) is 1. The Morgan fingerprint density at radius 3 is 2.90 bits per heavy atom. The molecule has 20 heavy (non-hydrogen) atoms. The monoisotopic (exact) mass is 296 g/mol. The number of nitrogens with zero attached hydrogens (tertiary/aromatic N) is 1. The summed E-state index contributed by atoms with van der Waals surface area (Å²) < 4.78 is 0. The highest BCUT2D eigenvalue weighted by Crippen LogP contribution is 2.36. The van der Waals surface area contributed by atoms with Crippen molar-refractivity contribution >= 4 is 23.5 Å². The Balaban J connectivity index is 2.18. The van der Waals surface area contributed by atoms with E-state index in [0.717, 1.165) is 12.8 Å². The van der Waals surface area contributed by atoms with Crippen molar-refractivity contribution in [3.8, 4) is 0 Å². The molecule has 1 aliphatic carbocycles. The number of amides is 1. The second-order valence-corrected chi connectivity index (χ2v) is 5.76. The number of hydrogen-bond acceptors (Lipinski definition) is 3. The van der Waals surface area contributed by atoms with Crippen LogP contribution in [0.1, 0.15) is 43.0 Å². The van der Waals surface area contributed by atoms with E-state index >= 15 is 0 Å². The van der Waals surface area contributed by atoms with E-state index in [1.54, 1.807) is 6.92 Å². The molecule has 0 aliphatic heterocycles. The summed E-state index contributed by atoms with van der Waals surface area (Å²) in [6.45, 7) is 1.68. The van der Waals surface area contributed by atoms with Crippen molar-refractivity contribution in [3.63, 3.8) is 0 Å². The molecule has 2 atom stereocenters. The molecule has 2 unspecified atom stereocenters. The van der Waals surface area contributed by atoms with E-state index in [9.17, 15) is 14.7 Å². The molecule has 1 aromatic heterocycles. The molecule has 5 nitrogen and oxygen atoms in total. The van der Waals surface area contributed by atoms with Crippen LogP contribution in [0.2, 0.25) is 5.02 Å². The zero-order valence-electron chi connectivity index (χ0n) is 11.2. The summed E-state index contributed by atoms with van der Waals surface area (Å²) >= 11 is 5.95. The van der Waals surface area contributed by atoms with Gasteiger partial charge in [0.05, 0.1) is 16.0 Å². The Labute approximate surface area is 122 Å². The van der Waals surface area contributed by atoms with Gasteiger partial charge in [0.15, 0.2) is 0 Å². The zero-order valence-corrected chi connectivity index (χ0v) is 12.0. The molecule has 2 N–H and O–H groups in total. The van der Waals surface area contributed by atoms with Crippen molar-refractivity contribution in [2.75, 3.05) is 0 Å². The van der Waals surface area contributed by atoms with Gasteiger partial charge in [-0.2, -0.15) is 0 Å². The van der Waals surface area contributed by atoms with Crippen LogP contribution in [-0.2, 0) is 4.79 Å². The predicted octanol–water partition coefficient (Wildman–Crippen LogP) is 2.50. The van der Waals surface area contributed by atoms with Crippen molar-refractivity contribution in [3.05, 3.63) is 29.0 Å². The molecule has 6 heteroatoms. The lowest BCUT2D eigenvalue weighted by atomic mass is 9.71. The summed E-state index contributed by atoms with van der Waals surface area (Å²) in [4.78, 5) is 27.6. The van der Waals surface area contributed by atoms with Crippen molar-refractivity contribution in [1.82, 2.24) is 10.3 Å². The highest BCUT2D eigenvalue weighted by molar-refractivity contribution is 6.33. The minimum Gasteiger partial charge on any atom is -0.481 e. The van der Waals surface area contributed by atoms with Crippen LogP contribution in [0.25, 0.3) is 0 Å². The SMILES string of the molecule is CC1(C(=O)O)CCCCC1NC(=O)c1cnccc1Cl. The Kier molecular flexibility index (Phi) is 4.28. The molecule has 1 aliphatic rings. The summed E-state index contributed by atoms with van der Waals surface area (Å²) in [6, 6.07) is 1.14. The van der Waals surface area contributed by atoms with Gasteiger partial charge in [0.2, 0.25) is 0 Å². The smallest absolute Gasteiger partial charge is 0.311 e. The van der Waals surface area contributed by atoms with Gasteiger partial charge in [0.25, 0.3) is 5.91 Å². The van der Waals surface area contributed by atoms with Gasteiger partial charge >= 0.3 is 5.97 Å². The first-order valence-corrected chi connectivity index (χ1v) is 6.97. The van der Waals surface area contributed by atoms with Gasteiger partial charge in [-0.05, 0) is 25.8 Å². The van der Waals surface area contributed by atoms with Gasteiger partial charge in [0.1, 0.15) is 0 Å². The molecule has 0 spiro atoms. The normalized spacial score (nSPS) is 26.0. The van der Waals surface area contributed by atoms with Gasteiger partial charge in [-0.1, -0.05) is 24.4 Å². The maximum absolute atomic E-state index is 12.2. The highest BCUT2D eigenvalue weighted by Gasteiger charge is 2.44. The number of rotatable bonds is 3. The van der Waals surface area contributed by atoms with Crippen LogP contribution in [0.5, 0.6) is 0 Å². The highest BCUT2D eigenvalue weighted by atomic mass is 35.5. The maximum atomic E-state index is 12.2. The topological polar surface area (TPSA) is 79.3 Å². The fraction of sp³-hybridized carbons (Fsp3) is 0.500. The summed E-state index contributed by atoms with van der Waals surface area (Å²) in [5.74, 6) is -1.25. The lowest BCUT2D eigenvalue weighted by molar-refractivity contribution is -0.151. The first-order chi connectivity index (χ1) is 9.45. The fourth-order valence-corrected chi connectivity index (χ4v) is 2.79. The van der Waals surface area contributed by atoms with E-state index < -0.39 is 17.4 Å². The second kappa shape index (κ2) is 5.79. The van der Waals surface area contributed by atoms with Crippen LogP contribution in [-0.4, -0.2) is 28.0 Å². The van der Waals surface area contributed by atoms with E-state index in [4.69, 9.17) is 11.6 Å². The molecule has 0 saturated heterocycles. The number of halogens is 1. The first kappa shape index (κ1) is 14.8. The predicted molar refractivity (Wildman–Crippen MR) is 74.7 cm³/mol. The molecule has 0 aromatic carbocycles. The second-order valence-electron chi connectivity index (χ2n) is 5.35. The van der Waals surface area contributed by atoms with Crippen LogP contribution in [0.15, 0.2) is 18.5 Å². The van der Waals surface area contributed by atoms with Crippen LogP contribution in [0.3, 0.4) is 0 Å². The molecule has 1 heterocycles. The van der Waals surface area contributed by atoms with Crippen molar-refractivity contribution in [1.29, 1.82) is 0 Å². The van der Waals surface area contributed by atoms with Gasteiger partial charge in [-0.25, -0.2) is 0 Å². The standard InChI is InChI=1S/C14H17ClN2O3/c1-14(13(19)20)6-3-2-4-11(14)17-12(18)9-8-16-7-5-10(9)15/h5,7-8,11H,2-4,6H2,1H3,(H,17,18)(H,19,20).